The molecule has 0 bridgehead atoms. The third-order valence-corrected chi connectivity index (χ3v) is 3.31. The van der Waals surface area contributed by atoms with Crippen molar-refractivity contribution < 1.29 is 0 Å². The number of nitrogens with one attached hydrogen (secondary N) is 1. The van der Waals surface area contributed by atoms with Gasteiger partial charge in [0.25, 0.3) is 0 Å². The smallest absolute Gasteiger partial charge is 0.125 e. The number of rotatable bonds is 5. The summed E-state index contributed by atoms with van der Waals surface area (Å²) in [7, 11) is 0. The minimum Gasteiger partial charge on any atom is -0.313 e. The van der Waals surface area contributed by atoms with Gasteiger partial charge in [-0.2, -0.15) is 5.26 Å². The maximum atomic E-state index is 9.09. The molecule has 0 fully saturated rings. The molecule has 0 saturated heterocycles. The number of nitriles is 1. The van der Waals surface area contributed by atoms with Crippen molar-refractivity contribution in [3.05, 3.63) is 52.3 Å². The molecule has 2 aromatic rings. The third-order valence-electron chi connectivity index (χ3n) is 2.87. The highest BCUT2D eigenvalue weighted by atomic mass is 79.9. The number of aromatic nitrogens is 1. The van der Waals surface area contributed by atoms with Crippen LogP contribution in [-0.4, -0.2) is 11.1 Å². The van der Waals surface area contributed by atoms with Crippen molar-refractivity contribution in [3.63, 3.8) is 0 Å². The van der Waals surface area contributed by atoms with Crippen molar-refractivity contribution in [2.24, 2.45) is 0 Å². The van der Waals surface area contributed by atoms with Crippen LogP contribution in [0.1, 0.15) is 24.6 Å². The van der Waals surface area contributed by atoms with E-state index in [0.717, 1.165) is 29.7 Å². The highest BCUT2D eigenvalue weighted by Gasteiger charge is 2.05. The fraction of sp³-hybridized carbons (Fsp3) is 0.267. The Morgan fingerprint density at radius 3 is 2.68 bits per heavy atom. The molecule has 0 unspecified atom stereocenters. The summed E-state index contributed by atoms with van der Waals surface area (Å²) in [4.78, 5) is 0. The average Bonchev–Trinajstić information content (AvgIpc) is 2.81. The van der Waals surface area contributed by atoms with E-state index in [0.29, 0.717) is 5.69 Å². The zero-order chi connectivity index (χ0) is 13.7. The van der Waals surface area contributed by atoms with E-state index in [1.54, 1.807) is 0 Å². The van der Waals surface area contributed by atoms with Crippen LogP contribution in [-0.2, 0) is 6.54 Å². The van der Waals surface area contributed by atoms with Crippen LogP contribution in [0.3, 0.4) is 0 Å². The molecular weight excluding hydrogens is 302 g/mol. The highest BCUT2D eigenvalue weighted by molar-refractivity contribution is 9.10. The van der Waals surface area contributed by atoms with Crippen molar-refractivity contribution in [1.29, 1.82) is 5.26 Å². The fourth-order valence-electron chi connectivity index (χ4n) is 1.91. The van der Waals surface area contributed by atoms with Crippen LogP contribution in [0.25, 0.3) is 5.69 Å². The van der Waals surface area contributed by atoms with Crippen LogP contribution in [0.15, 0.2) is 41.0 Å². The third kappa shape index (κ3) is 3.46. The molecule has 0 radical (unpaired) electrons. The molecule has 0 saturated carbocycles. The summed E-state index contributed by atoms with van der Waals surface area (Å²) in [5.41, 5.74) is 2.88. The summed E-state index contributed by atoms with van der Waals surface area (Å²) in [6.07, 6.45) is 3.05. The maximum Gasteiger partial charge on any atom is 0.125 e. The van der Waals surface area contributed by atoms with E-state index in [1.165, 1.54) is 5.56 Å². The lowest BCUT2D eigenvalue weighted by Gasteiger charge is -2.07. The standard InChI is InChI=1S/C15H16BrN3/c1-2-7-18-10-12-3-5-14(6-4-12)19-11-13(16)8-15(19)9-17/h3-6,8,11,18H,2,7,10H2,1H3. The lowest BCUT2D eigenvalue weighted by molar-refractivity contribution is 0.675. The van der Waals surface area contributed by atoms with Crippen molar-refractivity contribution in [1.82, 2.24) is 9.88 Å². The molecule has 1 aromatic heterocycles. The minimum absolute atomic E-state index is 0.628. The Kier molecular flexibility index (Phi) is 4.78. The van der Waals surface area contributed by atoms with Crippen LogP contribution in [0, 0.1) is 11.3 Å². The highest BCUT2D eigenvalue weighted by Crippen LogP contribution is 2.19. The zero-order valence-corrected chi connectivity index (χ0v) is 12.4. The Morgan fingerprint density at radius 1 is 1.32 bits per heavy atom. The fourth-order valence-corrected chi connectivity index (χ4v) is 2.34. The Hall–Kier alpha value is -1.57. The van der Waals surface area contributed by atoms with Gasteiger partial charge < -0.3 is 9.88 Å². The largest absolute Gasteiger partial charge is 0.313 e. The predicted octanol–water partition coefficient (Wildman–Crippen LogP) is 3.61. The van der Waals surface area contributed by atoms with E-state index in [1.807, 2.05) is 29.0 Å². The predicted molar refractivity (Wildman–Crippen MR) is 80.2 cm³/mol. The molecule has 1 heterocycles. The molecule has 0 aliphatic carbocycles. The molecule has 0 atom stereocenters. The molecule has 0 aliphatic heterocycles. The molecule has 1 aromatic carbocycles. The summed E-state index contributed by atoms with van der Waals surface area (Å²) in [5.74, 6) is 0. The summed E-state index contributed by atoms with van der Waals surface area (Å²) >= 11 is 3.40. The lowest BCUT2D eigenvalue weighted by atomic mass is 10.2. The molecule has 4 heteroatoms. The SMILES string of the molecule is CCCNCc1ccc(-n2cc(Br)cc2C#N)cc1. The Bertz CT molecular complexity index is 578. The van der Waals surface area contributed by atoms with Gasteiger partial charge in [0.1, 0.15) is 11.8 Å². The van der Waals surface area contributed by atoms with Gasteiger partial charge in [-0.3, -0.25) is 0 Å². The molecule has 0 aliphatic rings. The van der Waals surface area contributed by atoms with Gasteiger partial charge in [0, 0.05) is 22.9 Å². The Balaban J connectivity index is 2.16. The second-order valence-electron chi connectivity index (χ2n) is 4.37. The van der Waals surface area contributed by atoms with Crippen LogP contribution >= 0.6 is 15.9 Å². The number of hydrogen-bond acceptors (Lipinski definition) is 2. The molecule has 19 heavy (non-hydrogen) atoms. The second-order valence-corrected chi connectivity index (χ2v) is 5.28. The summed E-state index contributed by atoms with van der Waals surface area (Å²) in [6, 6.07) is 12.3. The average molecular weight is 318 g/mol. The van der Waals surface area contributed by atoms with E-state index in [4.69, 9.17) is 5.26 Å². The number of hydrogen-bond donors (Lipinski definition) is 1. The maximum absolute atomic E-state index is 9.09. The van der Waals surface area contributed by atoms with Crippen LogP contribution in [0.4, 0.5) is 0 Å². The van der Waals surface area contributed by atoms with Gasteiger partial charge in [-0.05, 0) is 52.7 Å². The monoisotopic (exact) mass is 317 g/mol. The molecule has 1 N–H and O–H groups in total. The Morgan fingerprint density at radius 2 is 2.05 bits per heavy atom. The van der Waals surface area contributed by atoms with Crippen LogP contribution in [0.2, 0.25) is 0 Å². The van der Waals surface area contributed by atoms with Gasteiger partial charge in [-0.15, -0.1) is 0 Å². The van der Waals surface area contributed by atoms with Gasteiger partial charge in [0.15, 0.2) is 0 Å². The van der Waals surface area contributed by atoms with Gasteiger partial charge in [0.2, 0.25) is 0 Å². The van der Waals surface area contributed by atoms with Crippen LogP contribution in [0.5, 0.6) is 0 Å². The Labute approximate surface area is 122 Å². The normalized spacial score (nSPS) is 10.4. The van der Waals surface area contributed by atoms with Gasteiger partial charge in [-0.1, -0.05) is 19.1 Å². The van der Waals surface area contributed by atoms with Gasteiger partial charge in [-0.25, -0.2) is 0 Å². The summed E-state index contributed by atoms with van der Waals surface area (Å²) in [5, 5.41) is 12.5. The quantitative estimate of drug-likeness (QED) is 0.856. The summed E-state index contributed by atoms with van der Waals surface area (Å²) in [6.45, 7) is 4.07. The molecule has 3 nitrogen and oxygen atoms in total. The molecule has 0 spiro atoms. The van der Waals surface area contributed by atoms with Crippen molar-refractivity contribution >= 4 is 15.9 Å². The number of nitrogens with zero attached hydrogens (tertiary/aromatic N) is 2. The van der Waals surface area contributed by atoms with E-state index in [9.17, 15) is 0 Å². The van der Waals surface area contributed by atoms with Crippen molar-refractivity contribution in [2.45, 2.75) is 19.9 Å². The first-order valence-electron chi connectivity index (χ1n) is 6.32. The number of benzene rings is 1. The molecule has 2 rings (SSSR count). The molecule has 0 amide bonds. The first-order chi connectivity index (χ1) is 9.24. The van der Waals surface area contributed by atoms with E-state index in [-0.39, 0.29) is 0 Å². The van der Waals surface area contributed by atoms with Gasteiger partial charge >= 0.3 is 0 Å². The minimum atomic E-state index is 0.628. The lowest BCUT2D eigenvalue weighted by Crippen LogP contribution is -2.13. The van der Waals surface area contributed by atoms with Crippen LogP contribution < -0.4 is 5.32 Å². The molecular formula is C15H16BrN3. The van der Waals surface area contributed by atoms with Crippen molar-refractivity contribution in [3.8, 4) is 11.8 Å². The van der Waals surface area contributed by atoms with Crippen molar-refractivity contribution in [2.75, 3.05) is 6.54 Å². The summed E-state index contributed by atoms with van der Waals surface area (Å²) < 4.78 is 2.80. The first kappa shape index (κ1) is 13.9. The first-order valence-corrected chi connectivity index (χ1v) is 7.12. The second kappa shape index (κ2) is 6.55. The van der Waals surface area contributed by atoms with E-state index in [2.05, 4.69) is 46.4 Å². The van der Waals surface area contributed by atoms with Gasteiger partial charge in [0.05, 0.1) is 0 Å². The molecule has 98 valence electrons. The van der Waals surface area contributed by atoms with E-state index >= 15 is 0 Å². The number of halogens is 1. The zero-order valence-electron chi connectivity index (χ0n) is 10.9. The van der Waals surface area contributed by atoms with E-state index < -0.39 is 0 Å². The topological polar surface area (TPSA) is 40.8 Å².